The number of hydrogen-bond acceptors (Lipinski definition) is 1. The summed E-state index contributed by atoms with van der Waals surface area (Å²) in [5, 5.41) is 8.43. The van der Waals surface area contributed by atoms with Crippen LogP contribution in [0.15, 0.2) is 12.1 Å². The van der Waals surface area contributed by atoms with Crippen molar-refractivity contribution < 1.29 is 117 Å². The monoisotopic (exact) mass is 429 g/mol. The first-order valence-corrected chi connectivity index (χ1v) is 4.88. The number of hydrogen-bond donors (Lipinski definition) is 1. The maximum Gasteiger partial charge on any atom is 1.00 e. The molecule has 1 rings (SSSR count). The second-order valence-electron chi connectivity index (χ2n) is 2.99. The van der Waals surface area contributed by atoms with E-state index in [9.17, 15) is 60.6 Å². The molecule has 25 heavy (non-hydrogen) atoms. The predicted octanol–water partition coefficient (Wildman–Crippen LogP) is 2.37. The second-order valence-corrected chi connectivity index (χ2v) is 2.99. The number of rotatable bonds is 0. The van der Waals surface area contributed by atoms with Crippen LogP contribution in [0.3, 0.4) is 0 Å². The standard InChI is InChI=1S/C6H3F2O.3BF4.K/c7-4-1-2-5(8)6(9)3-4;3*2-1(3,4)5;/h1-2,9H;;;;/q4*-1;+1. The fourth-order valence-electron chi connectivity index (χ4n) is 0.440. The molecule has 0 radical (unpaired) electrons. The molecule has 1 aromatic rings. The van der Waals surface area contributed by atoms with Gasteiger partial charge in [0.05, 0.1) is 0 Å². The van der Waals surface area contributed by atoms with Gasteiger partial charge in [0.15, 0.2) is 0 Å². The van der Waals surface area contributed by atoms with E-state index >= 15 is 0 Å². The van der Waals surface area contributed by atoms with Crippen LogP contribution >= 0.6 is 0 Å². The van der Waals surface area contributed by atoms with Gasteiger partial charge in [-0.05, 0) is 0 Å². The fraction of sp³-hybridized carbons (Fsp3) is 0. The molecule has 0 aliphatic heterocycles. The minimum atomic E-state index is -6.00. The van der Waals surface area contributed by atoms with Crippen molar-refractivity contribution in [2.45, 2.75) is 0 Å². The normalized spacial score (nSPS) is 10.6. The molecule has 0 bridgehead atoms. The molecule has 0 heterocycles. The third kappa shape index (κ3) is 68.9. The Labute approximate surface area is 173 Å². The van der Waals surface area contributed by atoms with Gasteiger partial charge in [0.2, 0.25) is 0 Å². The Hall–Kier alpha value is -0.129. The van der Waals surface area contributed by atoms with Gasteiger partial charge in [0.1, 0.15) is 0 Å². The van der Waals surface area contributed by atoms with Crippen LogP contribution in [0.5, 0.6) is 5.75 Å². The number of phenols is 1. The molecule has 144 valence electrons. The number of phenolic OH excluding ortho intramolecular Hbond substituents is 1. The molecule has 0 atom stereocenters. The van der Waals surface area contributed by atoms with Crippen molar-refractivity contribution in [3.8, 4) is 5.75 Å². The van der Waals surface area contributed by atoms with Crippen LogP contribution in [-0.4, -0.2) is 26.9 Å². The molecule has 0 aliphatic rings. The van der Waals surface area contributed by atoms with Gasteiger partial charge >= 0.3 is 73.1 Å². The minimum absolute atomic E-state index is 0. The van der Waals surface area contributed by atoms with Gasteiger partial charge in [-0.1, -0.05) is 6.07 Å². The van der Waals surface area contributed by atoms with E-state index in [1.165, 1.54) is 0 Å². The molecule has 0 fully saturated rings. The number of benzene rings is 1. The molecule has 0 spiro atoms. The summed E-state index contributed by atoms with van der Waals surface area (Å²) in [5.41, 5.74) is 0. The summed E-state index contributed by atoms with van der Waals surface area (Å²) < 4.78 is 141. The Morgan fingerprint density at radius 3 is 1.04 bits per heavy atom. The van der Waals surface area contributed by atoms with E-state index in [4.69, 9.17) is 5.11 Å². The Morgan fingerprint density at radius 1 is 0.640 bits per heavy atom. The molecule has 0 saturated heterocycles. The SMILES string of the molecule is F[B-](F)(F)F.F[B-](F)(F)F.F[B-](F)(F)F.Oc1[c-]c(F)ccc1F.[K+]. The van der Waals surface area contributed by atoms with Crippen molar-refractivity contribution in [2.75, 3.05) is 0 Å². The van der Waals surface area contributed by atoms with Gasteiger partial charge in [-0.25, -0.2) is 4.39 Å². The zero-order chi connectivity index (χ0) is 20.4. The fourth-order valence-corrected chi connectivity index (χ4v) is 0.440. The van der Waals surface area contributed by atoms with Crippen molar-refractivity contribution in [1.82, 2.24) is 0 Å². The Morgan fingerprint density at radius 2 is 0.880 bits per heavy atom. The van der Waals surface area contributed by atoms with E-state index in [-0.39, 0.29) is 51.4 Å². The quantitative estimate of drug-likeness (QED) is 0.382. The molecule has 1 N–H and O–H groups in total. The van der Waals surface area contributed by atoms with Crippen LogP contribution in [0, 0.1) is 17.7 Å². The van der Waals surface area contributed by atoms with Gasteiger partial charge in [-0.2, -0.15) is 0 Å². The zero-order valence-corrected chi connectivity index (χ0v) is 14.7. The van der Waals surface area contributed by atoms with E-state index in [2.05, 4.69) is 0 Å². The first-order valence-electron chi connectivity index (χ1n) is 4.88. The van der Waals surface area contributed by atoms with Crippen molar-refractivity contribution >= 4 is 21.8 Å². The smallest absolute Gasteiger partial charge is 0.531 e. The molecular formula is C6H3B3F14KO-3. The van der Waals surface area contributed by atoms with Crippen LogP contribution in [-0.2, 0) is 0 Å². The van der Waals surface area contributed by atoms with Gasteiger partial charge in [0, 0.05) is 17.4 Å². The Kier molecular flexibility index (Phi) is 18.2. The molecule has 1 nitrogen and oxygen atoms in total. The Bertz CT molecular complexity index is 413. The number of aromatic hydroxyl groups is 1. The van der Waals surface area contributed by atoms with Gasteiger partial charge in [-0.3, -0.25) is 4.39 Å². The average Bonchev–Trinajstić information content (AvgIpc) is 2.16. The molecule has 0 aromatic heterocycles. The van der Waals surface area contributed by atoms with Crippen LogP contribution < -0.4 is 51.4 Å². The summed E-state index contributed by atoms with van der Waals surface area (Å²) >= 11 is 0. The molecule has 0 aliphatic carbocycles. The van der Waals surface area contributed by atoms with Gasteiger partial charge in [-0.15, -0.1) is 12.1 Å². The molecule has 0 unspecified atom stereocenters. The summed E-state index contributed by atoms with van der Waals surface area (Å²) in [6.07, 6.45) is 0. The molecule has 1 aromatic carbocycles. The molecule has 19 heteroatoms. The van der Waals surface area contributed by atoms with Crippen molar-refractivity contribution in [1.29, 1.82) is 0 Å². The molecular weight excluding hydrogens is 426 g/mol. The van der Waals surface area contributed by atoms with Crippen LogP contribution in [0.2, 0.25) is 0 Å². The third-order valence-electron chi connectivity index (χ3n) is 0.840. The topological polar surface area (TPSA) is 20.2 Å². The molecule has 0 saturated carbocycles. The zero-order valence-electron chi connectivity index (χ0n) is 11.6. The summed E-state index contributed by atoms with van der Waals surface area (Å²) in [4.78, 5) is 0. The second kappa shape index (κ2) is 14.0. The predicted molar refractivity (Wildman–Crippen MR) is 57.4 cm³/mol. The van der Waals surface area contributed by atoms with E-state index in [0.717, 1.165) is 12.1 Å². The summed E-state index contributed by atoms with van der Waals surface area (Å²) in [5.74, 6) is -2.42. The summed E-state index contributed by atoms with van der Waals surface area (Å²) in [6, 6.07) is 3.47. The first-order chi connectivity index (χ1) is 10.2. The van der Waals surface area contributed by atoms with E-state index in [1.807, 2.05) is 0 Å². The number of halogens is 14. The summed E-state index contributed by atoms with van der Waals surface area (Å²) in [6.45, 7) is 0. The summed E-state index contributed by atoms with van der Waals surface area (Å²) in [7, 11) is -18.0. The average molecular weight is 429 g/mol. The van der Waals surface area contributed by atoms with E-state index < -0.39 is 39.1 Å². The van der Waals surface area contributed by atoms with Gasteiger partial charge in [0.25, 0.3) is 0 Å². The molecule has 0 amide bonds. The van der Waals surface area contributed by atoms with Crippen LogP contribution in [0.4, 0.5) is 60.6 Å². The van der Waals surface area contributed by atoms with E-state index in [0.29, 0.717) is 0 Å². The van der Waals surface area contributed by atoms with Crippen LogP contribution in [0.25, 0.3) is 0 Å². The maximum atomic E-state index is 12.1. The van der Waals surface area contributed by atoms with Crippen LogP contribution in [0.1, 0.15) is 0 Å². The van der Waals surface area contributed by atoms with E-state index in [1.54, 1.807) is 6.07 Å². The third-order valence-corrected chi connectivity index (χ3v) is 0.840. The first kappa shape index (κ1) is 32.5. The maximum absolute atomic E-state index is 12.1. The largest absolute Gasteiger partial charge is 1.00 e. The minimum Gasteiger partial charge on any atom is -0.531 e. The van der Waals surface area contributed by atoms with Crippen molar-refractivity contribution in [3.63, 3.8) is 0 Å². The van der Waals surface area contributed by atoms with Crippen molar-refractivity contribution in [2.24, 2.45) is 0 Å². The van der Waals surface area contributed by atoms with Gasteiger partial charge < -0.3 is 56.9 Å². The Balaban J connectivity index is -0.000000122. The van der Waals surface area contributed by atoms with Crippen molar-refractivity contribution in [3.05, 3.63) is 29.8 Å².